The molecule has 0 N–H and O–H groups in total. The molecule has 0 aliphatic heterocycles. The van der Waals surface area contributed by atoms with E-state index >= 15 is 0 Å². The molecule has 0 saturated heterocycles. The third kappa shape index (κ3) is 4.71. The maximum atomic E-state index is 3.78. The molecule has 0 aliphatic rings. The molecule has 1 heterocycles. The molecule has 0 fully saturated rings. The summed E-state index contributed by atoms with van der Waals surface area (Å²) >= 11 is 0. The zero-order valence-corrected chi connectivity index (χ0v) is 7.81. The SMILES string of the molecule is [Mo].[Ti].c1ccncc1. The van der Waals surface area contributed by atoms with Crippen molar-refractivity contribution in [2.75, 3.05) is 0 Å². The number of hydrogen-bond acceptors (Lipinski definition) is 1. The summed E-state index contributed by atoms with van der Waals surface area (Å²) in [5, 5.41) is 0. The Morgan fingerprint density at radius 3 is 1.50 bits per heavy atom. The molecule has 0 bridgehead atoms. The van der Waals surface area contributed by atoms with E-state index in [1.165, 1.54) is 0 Å². The van der Waals surface area contributed by atoms with E-state index in [2.05, 4.69) is 4.98 Å². The van der Waals surface area contributed by atoms with Gasteiger partial charge in [-0.2, -0.15) is 0 Å². The van der Waals surface area contributed by atoms with Gasteiger partial charge in [0.1, 0.15) is 0 Å². The smallest absolute Gasteiger partial charge is 0.0267 e. The molecule has 0 amide bonds. The van der Waals surface area contributed by atoms with Crippen molar-refractivity contribution in [3.05, 3.63) is 30.6 Å². The van der Waals surface area contributed by atoms with Gasteiger partial charge in [-0.25, -0.2) is 0 Å². The third-order valence-corrected chi connectivity index (χ3v) is 0.566. The summed E-state index contributed by atoms with van der Waals surface area (Å²) in [6.07, 6.45) is 3.50. The first-order valence-corrected chi connectivity index (χ1v) is 1.85. The molecule has 1 aromatic rings. The maximum Gasteiger partial charge on any atom is 0.0267 e. The van der Waals surface area contributed by atoms with Crippen molar-refractivity contribution in [1.29, 1.82) is 0 Å². The number of aromatic nitrogens is 1. The van der Waals surface area contributed by atoms with E-state index < -0.39 is 0 Å². The van der Waals surface area contributed by atoms with E-state index in [9.17, 15) is 0 Å². The minimum absolute atomic E-state index is 0. The van der Waals surface area contributed by atoms with Gasteiger partial charge in [-0.05, 0) is 12.1 Å². The van der Waals surface area contributed by atoms with Gasteiger partial charge in [0.2, 0.25) is 0 Å². The minimum Gasteiger partial charge on any atom is -0.265 e. The molecule has 3 heteroatoms. The Labute approximate surface area is 78.0 Å². The fraction of sp³-hybridized carbons (Fsp3) is 0. The molecule has 0 aromatic carbocycles. The second-order valence-corrected chi connectivity index (χ2v) is 1.02. The molecule has 8 heavy (non-hydrogen) atoms. The Hall–Kier alpha value is 0.553. The molecule has 0 aliphatic carbocycles. The number of rotatable bonds is 0. The number of pyridine rings is 1. The van der Waals surface area contributed by atoms with Crippen LogP contribution in [0.2, 0.25) is 0 Å². The van der Waals surface area contributed by atoms with Gasteiger partial charge in [-0.15, -0.1) is 0 Å². The van der Waals surface area contributed by atoms with E-state index in [-0.39, 0.29) is 42.8 Å². The van der Waals surface area contributed by atoms with Crippen LogP contribution in [0.3, 0.4) is 0 Å². The average Bonchev–Trinajstić information content (AvgIpc) is 1.72. The summed E-state index contributed by atoms with van der Waals surface area (Å²) in [5.74, 6) is 0. The van der Waals surface area contributed by atoms with Crippen LogP contribution in [0.25, 0.3) is 0 Å². The molecule has 40 valence electrons. The van der Waals surface area contributed by atoms with Gasteiger partial charge in [0.15, 0.2) is 0 Å². The summed E-state index contributed by atoms with van der Waals surface area (Å²) in [4.78, 5) is 3.78. The van der Waals surface area contributed by atoms with Crippen molar-refractivity contribution < 1.29 is 42.8 Å². The van der Waals surface area contributed by atoms with Crippen molar-refractivity contribution in [3.63, 3.8) is 0 Å². The van der Waals surface area contributed by atoms with Crippen molar-refractivity contribution >= 4 is 0 Å². The molecule has 0 radical (unpaired) electrons. The minimum atomic E-state index is 0. The van der Waals surface area contributed by atoms with Crippen molar-refractivity contribution in [2.45, 2.75) is 0 Å². The fourth-order valence-corrected chi connectivity index (χ4v) is 0.313. The Bertz CT molecular complexity index is 84.4. The molecule has 1 rings (SSSR count). The first kappa shape index (κ1) is 11.4. The summed E-state index contributed by atoms with van der Waals surface area (Å²) in [6.45, 7) is 0. The summed E-state index contributed by atoms with van der Waals surface area (Å²) in [5.41, 5.74) is 0. The van der Waals surface area contributed by atoms with E-state index in [1.54, 1.807) is 12.4 Å². The zero-order chi connectivity index (χ0) is 4.24. The fourth-order valence-electron chi connectivity index (χ4n) is 0.313. The topological polar surface area (TPSA) is 12.9 Å². The second kappa shape index (κ2) is 7.55. The summed E-state index contributed by atoms with van der Waals surface area (Å²) in [6, 6.07) is 5.72. The van der Waals surface area contributed by atoms with E-state index in [1.807, 2.05) is 18.2 Å². The standard InChI is InChI=1S/C5H5N.Mo.Ti/c1-2-4-6-5-3-1;;/h1-5H;;. The van der Waals surface area contributed by atoms with Gasteiger partial charge in [0, 0.05) is 55.2 Å². The molecule has 0 saturated carbocycles. The Morgan fingerprint density at radius 1 is 0.875 bits per heavy atom. The summed E-state index contributed by atoms with van der Waals surface area (Å²) in [7, 11) is 0. The molecule has 0 unspecified atom stereocenters. The van der Waals surface area contributed by atoms with Crippen LogP contribution in [0.5, 0.6) is 0 Å². The van der Waals surface area contributed by atoms with E-state index in [4.69, 9.17) is 0 Å². The molecule has 0 spiro atoms. The Kier molecular flexibility index (Phi) is 10.7. The van der Waals surface area contributed by atoms with Crippen LogP contribution in [0.4, 0.5) is 0 Å². The number of hydrogen-bond donors (Lipinski definition) is 0. The molecule has 0 atom stereocenters. The van der Waals surface area contributed by atoms with Crippen molar-refractivity contribution in [2.24, 2.45) is 0 Å². The number of nitrogens with zero attached hydrogens (tertiary/aromatic N) is 1. The van der Waals surface area contributed by atoms with Crippen molar-refractivity contribution in [1.82, 2.24) is 4.98 Å². The van der Waals surface area contributed by atoms with Gasteiger partial charge in [0.05, 0.1) is 0 Å². The maximum absolute atomic E-state index is 3.78. The van der Waals surface area contributed by atoms with E-state index in [0.29, 0.717) is 0 Å². The van der Waals surface area contributed by atoms with Crippen molar-refractivity contribution in [3.8, 4) is 0 Å². The monoisotopic (exact) mass is 225 g/mol. The Balaban J connectivity index is 0. The molecule has 1 aromatic heterocycles. The molecule has 1 nitrogen and oxygen atoms in total. The van der Waals surface area contributed by atoms with Crippen LogP contribution in [0.15, 0.2) is 30.6 Å². The molecular formula is C5H5MoNTi. The predicted octanol–water partition coefficient (Wildman–Crippen LogP) is 1.08. The first-order valence-electron chi connectivity index (χ1n) is 1.85. The van der Waals surface area contributed by atoms with Crippen LogP contribution in [0, 0.1) is 0 Å². The van der Waals surface area contributed by atoms with Gasteiger partial charge in [-0.3, -0.25) is 4.98 Å². The zero-order valence-electron chi connectivity index (χ0n) is 4.24. The van der Waals surface area contributed by atoms with Crippen LogP contribution in [-0.2, 0) is 42.8 Å². The summed E-state index contributed by atoms with van der Waals surface area (Å²) < 4.78 is 0. The van der Waals surface area contributed by atoms with Gasteiger partial charge >= 0.3 is 0 Å². The largest absolute Gasteiger partial charge is 0.265 e. The van der Waals surface area contributed by atoms with Crippen LogP contribution < -0.4 is 0 Å². The second-order valence-electron chi connectivity index (χ2n) is 1.02. The predicted molar refractivity (Wildman–Crippen MR) is 24.2 cm³/mol. The molecular weight excluding hydrogens is 218 g/mol. The van der Waals surface area contributed by atoms with E-state index in [0.717, 1.165) is 0 Å². The first-order chi connectivity index (χ1) is 3.00. The van der Waals surface area contributed by atoms with Crippen LogP contribution in [-0.4, -0.2) is 4.98 Å². The van der Waals surface area contributed by atoms with Gasteiger partial charge < -0.3 is 0 Å². The van der Waals surface area contributed by atoms with Gasteiger partial charge in [-0.1, -0.05) is 6.07 Å². The van der Waals surface area contributed by atoms with Crippen LogP contribution in [0.1, 0.15) is 0 Å². The third-order valence-electron chi connectivity index (χ3n) is 0.566. The normalized spacial score (nSPS) is 6.00. The van der Waals surface area contributed by atoms with Crippen LogP contribution >= 0.6 is 0 Å². The Morgan fingerprint density at radius 2 is 1.38 bits per heavy atom. The quantitative estimate of drug-likeness (QED) is 0.599. The van der Waals surface area contributed by atoms with Gasteiger partial charge in [0.25, 0.3) is 0 Å². The average molecular weight is 223 g/mol.